The van der Waals surface area contributed by atoms with Gasteiger partial charge < -0.3 is 30.7 Å². The average Bonchev–Trinajstić information content (AvgIpc) is 3.11. The number of likely N-dealkylation sites (tertiary alicyclic amines) is 1. The van der Waals surface area contributed by atoms with Crippen LogP contribution in [0.3, 0.4) is 0 Å². The Kier molecular flexibility index (Phi) is 8.89. The SMILES string of the molecule is C=CC(=O)N1CC(NC(=O)c2c(C)nc(CNC(=N)c3cc(C(C)(C)C)c(Cl)cc3N)n2CCN(C)C)C1. The minimum atomic E-state index is -0.234. The van der Waals surface area contributed by atoms with Gasteiger partial charge in [0.05, 0.1) is 18.3 Å². The number of carbonyl (C=O) groups is 2. The van der Waals surface area contributed by atoms with Gasteiger partial charge in [-0.25, -0.2) is 4.98 Å². The number of amides is 2. The van der Waals surface area contributed by atoms with Crippen LogP contribution >= 0.6 is 11.6 Å². The molecule has 1 aliphatic rings. The topological polar surface area (TPSA) is 132 Å². The van der Waals surface area contributed by atoms with Crippen molar-refractivity contribution in [2.45, 2.75) is 52.2 Å². The molecule has 0 spiro atoms. The molecule has 11 heteroatoms. The molecule has 3 rings (SSSR count). The van der Waals surface area contributed by atoms with E-state index in [0.29, 0.717) is 59.7 Å². The van der Waals surface area contributed by atoms with Gasteiger partial charge in [0.2, 0.25) is 5.91 Å². The normalized spacial score (nSPS) is 13.8. The lowest BCUT2D eigenvalue weighted by molar-refractivity contribution is -0.130. The Labute approximate surface area is 229 Å². The zero-order chi connectivity index (χ0) is 28.4. The lowest BCUT2D eigenvalue weighted by atomic mass is 9.85. The Morgan fingerprint density at radius 1 is 1.32 bits per heavy atom. The molecule has 2 amide bonds. The van der Waals surface area contributed by atoms with Crippen molar-refractivity contribution < 1.29 is 9.59 Å². The number of imidazole rings is 1. The molecule has 2 heterocycles. The van der Waals surface area contributed by atoms with E-state index < -0.39 is 0 Å². The summed E-state index contributed by atoms with van der Waals surface area (Å²) < 4.78 is 1.89. The van der Waals surface area contributed by atoms with E-state index >= 15 is 0 Å². The Hall–Kier alpha value is -3.37. The molecule has 0 radical (unpaired) electrons. The summed E-state index contributed by atoms with van der Waals surface area (Å²) >= 11 is 6.43. The second-order valence-electron chi connectivity index (χ2n) is 10.9. The van der Waals surface area contributed by atoms with E-state index in [1.54, 1.807) is 17.9 Å². The van der Waals surface area contributed by atoms with Crippen LogP contribution in [0.5, 0.6) is 0 Å². The van der Waals surface area contributed by atoms with Crippen molar-refractivity contribution in [2.24, 2.45) is 0 Å². The maximum Gasteiger partial charge on any atom is 0.270 e. The first-order chi connectivity index (χ1) is 17.7. The number of carbonyl (C=O) groups excluding carboxylic acids is 2. The number of anilines is 1. The smallest absolute Gasteiger partial charge is 0.270 e. The van der Waals surface area contributed by atoms with E-state index in [1.165, 1.54) is 6.08 Å². The lowest BCUT2D eigenvalue weighted by Gasteiger charge is -2.38. The Morgan fingerprint density at radius 3 is 2.55 bits per heavy atom. The van der Waals surface area contributed by atoms with E-state index in [0.717, 1.165) is 5.56 Å². The van der Waals surface area contributed by atoms with E-state index in [1.807, 2.05) is 29.6 Å². The van der Waals surface area contributed by atoms with Gasteiger partial charge in [-0.2, -0.15) is 0 Å². The molecule has 0 aliphatic carbocycles. The van der Waals surface area contributed by atoms with Gasteiger partial charge in [-0.1, -0.05) is 39.0 Å². The number of nitrogen functional groups attached to an aromatic ring is 1. The number of halogens is 1. The van der Waals surface area contributed by atoms with Crippen molar-refractivity contribution in [1.82, 2.24) is 30.0 Å². The first-order valence-electron chi connectivity index (χ1n) is 12.6. The van der Waals surface area contributed by atoms with Gasteiger partial charge in [-0.05, 0) is 50.2 Å². The van der Waals surface area contributed by atoms with Gasteiger partial charge in [-0.15, -0.1) is 0 Å². The van der Waals surface area contributed by atoms with E-state index in [2.05, 4.69) is 43.0 Å². The molecular weight excluding hydrogens is 504 g/mol. The minimum Gasteiger partial charge on any atom is -0.398 e. The van der Waals surface area contributed by atoms with Crippen molar-refractivity contribution in [3.05, 3.63) is 58.1 Å². The van der Waals surface area contributed by atoms with Gasteiger partial charge in [0.1, 0.15) is 17.4 Å². The van der Waals surface area contributed by atoms with Crippen molar-refractivity contribution in [3.8, 4) is 0 Å². The summed E-state index contributed by atoms with van der Waals surface area (Å²) in [5.41, 5.74) is 8.95. The molecule has 0 bridgehead atoms. The highest BCUT2D eigenvalue weighted by atomic mass is 35.5. The summed E-state index contributed by atoms with van der Waals surface area (Å²) in [6.07, 6.45) is 1.27. The summed E-state index contributed by atoms with van der Waals surface area (Å²) in [6.45, 7) is 13.9. The molecule has 1 aromatic carbocycles. The molecule has 38 heavy (non-hydrogen) atoms. The highest BCUT2D eigenvalue weighted by Gasteiger charge is 2.32. The minimum absolute atomic E-state index is 0.123. The third kappa shape index (κ3) is 6.54. The Balaban J connectivity index is 1.80. The van der Waals surface area contributed by atoms with E-state index in [4.69, 9.17) is 22.7 Å². The van der Waals surface area contributed by atoms with Crippen LogP contribution in [-0.2, 0) is 23.3 Å². The first-order valence-corrected chi connectivity index (χ1v) is 13.0. The molecule has 0 atom stereocenters. The molecular formula is C27H39ClN8O2. The zero-order valence-corrected chi connectivity index (χ0v) is 23.9. The Morgan fingerprint density at radius 2 is 1.97 bits per heavy atom. The fourth-order valence-corrected chi connectivity index (χ4v) is 4.82. The van der Waals surface area contributed by atoms with Crippen LogP contribution in [-0.4, -0.2) is 76.8 Å². The largest absolute Gasteiger partial charge is 0.398 e. The van der Waals surface area contributed by atoms with Crippen LogP contribution in [0, 0.1) is 12.3 Å². The summed E-state index contributed by atoms with van der Waals surface area (Å²) in [7, 11) is 3.93. The van der Waals surface area contributed by atoms with Gasteiger partial charge >= 0.3 is 0 Å². The summed E-state index contributed by atoms with van der Waals surface area (Å²) in [4.78, 5) is 33.3. The summed E-state index contributed by atoms with van der Waals surface area (Å²) in [5.74, 6) is 0.411. The number of hydrogen-bond donors (Lipinski definition) is 4. The molecule has 1 saturated heterocycles. The highest BCUT2D eigenvalue weighted by Crippen LogP contribution is 2.33. The van der Waals surface area contributed by atoms with Gasteiger partial charge in [0.25, 0.3) is 5.91 Å². The van der Waals surface area contributed by atoms with Gasteiger partial charge in [0.15, 0.2) is 0 Å². The monoisotopic (exact) mass is 542 g/mol. The number of aryl methyl sites for hydroxylation is 1. The summed E-state index contributed by atoms with van der Waals surface area (Å²) in [5, 5.41) is 15.4. The van der Waals surface area contributed by atoms with Crippen molar-refractivity contribution >= 4 is 34.9 Å². The average molecular weight is 543 g/mol. The van der Waals surface area contributed by atoms with Crippen LogP contribution in [0.25, 0.3) is 0 Å². The second-order valence-corrected chi connectivity index (χ2v) is 11.3. The number of hydrogen-bond acceptors (Lipinski definition) is 6. The second kappa shape index (κ2) is 11.6. The number of amidine groups is 1. The van der Waals surface area contributed by atoms with Crippen molar-refractivity contribution in [3.63, 3.8) is 0 Å². The highest BCUT2D eigenvalue weighted by molar-refractivity contribution is 6.32. The number of likely N-dealkylation sites (N-methyl/N-ethyl adjacent to an activating group) is 1. The van der Waals surface area contributed by atoms with Crippen molar-refractivity contribution in [2.75, 3.05) is 39.5 Å². The number of nitrogens with zero attached hydrogens (tertiary/aromatic N) is 4. The fraction of sp³-hybridized carbons (Fsp3) is 0.481. The molecule has 0 saturated carbocycles. The number of aromatic nitrogens is 2. The molecule has 5 N–H and O–H groups in total. The van der Waals surface area contributed by atoms with Crippen molar-refractivity contribution in [1.29, 1.82) is 5.41 Å². The van der Waals surface area contributed by atoms with Crippen LogP contribution in [0.4, 0.5) is 5.69 Å². The molecule has 2 aromatic rings. The van der Waals surface area contributed by atoms with E-state index in [-0.39, 0.29) is 35.7 Å². The summed E-state index contributed by atoms with van der Waals surface area (Å²) in [6, 6.07) is 3.42. The van der Waals surface area contributed by atoms with Crippen LogP contribution in [0.15, 0.2) is 24.8 Å². The molecule has 10 nitrogen and oxygen atoms in total. The van der Waals surface area contributed by atoms with Gasteiger partial charge in [0, 0.05) is 42.5 Å². The predicted octanol–water partition coefficient (Wildman–Crippen LogP) is 2.53. The molecule has 1 aromatic heterocycles. The number of nitrogens with one attached hydrogen (secondary N) is 3. The van der Waals surface area contributed by atoms with Crippen LogP contribution in [0.2, 0.25) is 5.02 Å². The third-order valence-corrected chi connectivity index (χ3v) is 6.86. The number of rotatable bonds is 9. The standard InChI is InChI=1S/C27H39ClN8O2/c1-8-23(37)35-14-17(15-35)33-26(38)24-16(2)32-22(36(24)10-9-34(6)7)13-31-25(30)18-11-19(27(3,4)5)20(28)12-21(18)29/h8,11-12,17H,1,9-10,13-15,29H2,2-7H3,(H2,30,31)(H,33,38). The molecule has 0 unspecified atom stereocenters. The molecule has 1 fully saturated rings. The maximum atomic E-state index is 13.3. The number of benzene rings is 1. The third-order valence-electron chi connectivity index (χ3n) is 6.55. The maximum absolute atomic E-state index is 13.3. The van der Waals surface area contributed by atoms with Crippen LogP contribution < -0.4 is 16.4 Å². The lowest BCUT2D eigenvalue weighted by Crippen LogP contribution is -2.60. The predicted molar refractivity (Wildman–Crippen MR) is 152 cm³/mol. The Bertz CT molecular complexity index is 1240. The van der Waals surface area contributed by atoms with Crippen LogP contribution in [0.1, 0.15) is 53.9 Å². The van der Waals surface area contributed by atoms with E-state index in [9.17, 15) is 9.59 Å². The zero-order valence-electron chi connectivity index (χ0n) is 23.1. The molecule has 206 valence electrons. The molecule has 1 aliphatic heterocycles. The quantitative estimate of drug-likeness (QED) is 0.167. The fourth-order valence-electron chi connectivity index (χ4n) is 4.37. The van der Waals surface area contributed by atoms with Gasteiger partial charge in [-0.3, -0.25) is 15.0 Å². The first kappa shape index (κ1) is 29.2. The number of nitrogens with two attached hydrogens (primary N) is 1.